The third kappa shape index (κ3) is 8.84. The van der Waals surface area contributed by atoms with Crippen LogP contribution in [0.4, 0.5) is 11.6 Å². The minimum absolute atomic E-state index is 0.184. The molecule has 0 atom stereocenters. The van der Waals surface area contributed by atoms with Crippen LogP contribution in [-0.2, 0) is 6.54 Å². The Morgan fingerprint density at radius 2 is 1.60 bits per heavy atom. The second kappa shape index (κ2) is 17.8. The van der Waals surface area contributed by atoms with Gasteiger partial charge in [-0.25, -0.2) is 24.9 Å². The number of imidazole rings is 1. The van der Waals surface area contributed by atoms with Crippen molar-refractivity contribution in [1.29, 1.82) is 5.26 Å². The van der Waals surface area contributed by atoms with Crippen molar-refractivity contribution >= 4 is 38.7 Å². The normalized spacial score (nSPS) is 12.8. The molecule has 1 aromatic carbocycles. The maximum absolute atomic E-state index is 9.02. The van der Waals surface area contributed by atoms with Gasteiger partial charge in [0, 0.05) is 43.8 Å². The van der Waals surface area contributed by atoms with E-state index < -0.39 is 0 Å². The quantitative estimate of drug-likeness (QED) is 0.175. The maximum Gasteiger partial charge on any atom is 0.234 e. The van der Waals surface area contributed by atoms with Gasteiger partial charge in [0.25, 0.3) is 0 Å². The number of hydrogen-bond acceptors (Lipinski definition) is 9. The van der Waals surface area contributed by atoms with Crippen LogP contribution < -0.4 is 11.1 Å². The zero-order valence-corrected chi connectivity index (χ0v) is 28.6. The molecule has 0 radical (unpaired) electrons. The minimum atomic E-state index is 0.184. The van der Waals surface area contributed by atoms with Gasteiger partial charge in [0.2, 0.25) is 5.82 Å². The van der Waals surface area contributed by atoms with Gasteiger partial charge >= 0.3 is 0 Å². The SMILES string of the molecule is CC.CC.CC.N#Cc1nccc(NC2CCN(Cc3ccc(-n4c(-c5cccnc5N)nc5ccc(Br)nc54)cc3)CC2)n1. The summed E-state index contributed by atoms with van der Waals surface area (Å²) in [5, 5.41) is 12.5. The van der Waals surface area contributed by atoms with E-state index in [-0.39, 0.29) is 5.82 Å². The van der Waals surface area contributed by atoms with E-state index in [4.69, 9.17) is 21.0 Å². The molecule has 0 saturated carbocycles. The molecular weight excluding hydrogens is 628 g/mol. The molecule has 0 amide bonds. The van der Waals surface area contributed by atoms with Gasteiger partial charge in [0.1, 0.15) is 27.8 Å². The lowest BCUT2D eigenvalue weighted by Gasteiger charge is -2.32. The lowest BCUT2D eigenvalue weighted by atomic mass is 10.0. The van der Waals surface area contributed by atoms with Gasteiger partial charge in [-0.3, -0.25) is 9.47 Å². The molecule has 0 bridgehead atoms. The van der Waals surface area contributed by atoms with Crippen molar-refractivity contribution in [2.24, 2.45) is 0 Å². The van der Waals surface area contributed by atoms with Gasteiger partial charge in [0.05, 0.1) is 5.56 Å². The van der Waals surface area contributed by atoms with E-state index in [1.807, 2.05) is 76.4 Å². The first kappa shape index (κ1) is 35.1. The van der Waals surface area contributed by atoms with Crippen LogP contribution in [0, 0.1) is 11.3 Å². The van der Waals surface area contributed by atoms with Gasteiger partial charge in [0.15, 0.2) is 11.5 Å². The first-order valence-corrected chi connectivity index (χ1v) is 16.4. The molecule has 0 spiro atoms. The van der Waals surface area contributed by atoms with Crippen molar-refractivity contribution in [3.63, 3.8) is 0 Å². The number of hydrogen-bond donors (Lipinski definition) is 2. The van der Waals surface area contributed by atoms with Gasteiger partial charge in [-0.2, -0.15) is 5.26 Å². The number of benzene rings is 1. The number of likely N-dealkylation sites (tertiary alicyclic amines) is 1. The number of rotatable bonds is 6. The van der Waals surface area contributed by atoms with Crippen molar-refractivity contribution in [1.82, 2.24) is 34.4 Å². The number of nitriles is 1. The molecule has 1 saturated heterocycles. The lowest BCUT2D eigenvalue weighted by Crippen LogP contribution is -2.38. The molecule has 1 fully saturated rings. The van der Waals surface area contributed by atoms with Crippen molar-refractivity contribution in [2.75, 3.05) is 24.1 Å². The molecule has 45 heavy (non-hydrogen) atoms. The number of nitrogens with zero attached hydrogens (tertiary/aromatic N) is 8. The zero-order valence-electron chi connectivity index (χ0n) is 27.0. The summed E-state index contributed by atoms with van der Waals surface area (Å²) in [5.74, 6) is 2.02. The Bertz CT molecular complexity index is 1670. The highest BCUT2D eigenvalue weighted by molar-refractivity contribution is 9.10. The van der Waals surface area contributed by atoms with E-state index in [0.717, 1.165) is 59.5 Å². The first-order chi connectivity index (χ1) is 22.1. The van der Waals surface area contributed by atoms with E-state index >= 15 is 0 Å². The number of piperidine rings is 1. The van der Waals surface area contributed by atoms with Gasteiger partial charge in [-0.1, -0.05) is 53.7 Å². The highest BCUT2D eigenvalue weighted by atomic mass is 79.9. The van der Waals surface area contributed by atoms with Crippen LogP contribution in [-0.4, -0.2) is 53.5 Å². The van der Waals surface area contributed by atoms with Gasteiger partial charge in [-0.05, 0) is 76.8 Å². The standard InChI is InChI=1S/C28H25BrN10.3C2H6/c29-23-8-7-22-28(36-23)39(27(35-22)21-2-1-12-33-26(21)31)20-5-3-18(4-6-20)17-38-14-10-19(11-15-38)34-24-9-13-32-25(16-30)37-24;3*1-2/h1-9,12-13,19H,10-11,14-15,17H2,(H2,31,33)(H,32,34,37);3*1-2H3. The van der Waals surface area contributed by atoms with Gasteiger partial charge < -0.3 is 11.1 Å². The molecule has 1 aliphatic heterocycles. The number of nitrogens with one attached hydrogen (secondary N) is 1. The number of aromatic nitrogens is 6. The summed E-state index contributed by atoms with van der Waals surface area (Å²) in [6, 6.07) is 20.2. The Morgan fingerprint density at radius 1 is 0.889 bits per heavy atom. The molecule has 1 aliphatic rings. The van der Waals surface area contributed by atoms with E-state index in [9.17, 15) is 0 Å². The summed E-state index contributed by atoms with van der Waals surface area (Å²) in [7, 11) is 0. The maximum atomic E-state index is 9.02. The van der Waals surface area contributed by atoms with Crippen molar-refractivity contribution < 1.29 is 0 Å². The Kier molecular flexibility index (Phi) is 13.9. The molecule has 236 valence electrons. The topological polar surface area (TPSA) is 134 Å². The molecule has 0 aliphatic carbocycles. The number of nitrogens with two attached hydrogens (primary N) is 1. The van der Waals surface area contributed by atoms with Crippen LogP contribution in [0.15, 0.2) is 71.6 Å². The monoisotopic (exact) mass is 670 g/mol. The molecule has 6 rings (SSSR count). The van der Waals surface area contributed by atoms with Crippen molar-refractivity contribution in [3.8, 4) is 23.1 Å². The average Bonchev–Trinajstić information content (AvgIpc) is 3.47. The van der Waals surface area contributed by atoms with Crippen LogP contribution in [0.5, 0.6) is 0 Å². The minimum Gasteiger partial charge on any atom is -0.383 e. The summed E-state index contributed by atoms with van der Waals surface area (Å²) in [5.41, 5.74) is 10.7. The number of nitrogen functional groups attached to an aromatic ring is 1. The summed E-state index contributed by atoms with van der Waals surface area (Å²) in [6.07, 6.45) is 5.29. The Morgan fingerprint density at radius 3 is 2.27 bits per heavy atom. The molecule has 4 aromatic heterocycles. The fourth-order valence-corrected chi connectivity index (χ4v) is 5.21. The Hall–Kier alpha value is -4.40. The van der Waals surface area contributed by atoms with Crippen LogP contribution in [0.25, 0.3) is 28.2 Å². The predicted molar refractivity (Wildman–Crippen MR) is 187 cm³/mol. The highest BCUT2D eigenvalue weighted by Gasteiger charge is 2.21. The second-order valence-corrected chi connectivity index (χ2v) is 10.2. The molecule has 5 heterocycles. The second-order valence-electron chi connectivity index (χ2n) is 9.42. The van der Waals surface area contributed by atoms with Gasteiger partial charge in [-0.15, -0.1) is 0 Å². The average molecular weight is 672 g/mol. The molecule has 10 nitrogen and oxygen atoms in total. The third-order valence-electron chi connectivity index (χ3n) is 6.85. The molecule has 5 aromatic rings. The summed E-state index contributed by atoms with van der Waals surface area (Å²) < 4.78 is 2.76. The summed E-state index contributed by atoms with van der Waals surface area (Å²) in [4.78, 5) is 24.4. The first-order valence-electron chi connectivity index (χ1n) is 15.6. The van der Waals surface area contributed by atoms with Crippen LogP contribution in [0.2, 0.25) is 0 Å². The van der Waals surface area contributed by atoms with Crippen LogP contribution in [0.1, 0.15) is 65.8 Å². The fraction of sp³-hybridized carbons (Fsp3) is 0.353. The fourth-order valence-electron chi connectivity index (χ4n) is 4.91. The predicted octanol–water partition coefficient (Wildman–Crippen LogP) is 7.64. The largest absolute Gasteiger partial charge is 0.383 e. The molecule has 11 heteroatoms. The van der Waals surface area contributed by atoms with Crippen LogP contribution >= 0.6 is 15.9 Å². The number of anilines is 2. The van der Waals surface area contributed by atoms with Crippen LogP contribution in [0.3, 0.4) is 0 Å². The number of pyridine rings is 2. The third-order valence-corrected chi connectivity index (χ3v) is 7.29. The summed E-state index contributed by atoms with van der Waals surface area (Å²) >= 11 is 3.50. The van der Waals surface area contributed by atoms with Crippen molar-refractivity contribution in [3.05, 3.63) is 83.0 Å². The molecular formula is C34H43BrN10. The summed E-state index contributed by atoms with van der Waals surface area (Å²) in [6.45, 7) is 14.8. The number of fused-ring (bicyclic) bond motifs is 1. The van der Waals surface area contributed by atoms with E-state index in [2.05, 4.69) is 65.4 Å². The van der Waals surface area contributed by atoms with E-state index in [1.165, 1.54) is 5.56 Å². The smallest absolute Gasteiger partial charge is 0.234 e. The molecule has 0 unspecified atom stereocenters. The number of halogens is 1. The highest BCUT2D eigenvalue weighted by Crippen LogP contribution is 2.31. The Labute approximate surface area is 274 Å². The lowest BCUT2D eigenvalue weighted by molar-refractivity contribution is 0.211. The molecule has 3 N–H and O–H groups in total. The van der Waals surface area contributed by atoms with E-state index in [0.29, 0.717) is 23.5 Å². The Balaban J connectivity index is 0.000000870. The zero-order chi connectivity index (χ0) is 32.8. The van der Waals surface area contributed by atoms with Crippen molar-refractivity contribution in [2.45, 2.75) is 67.0 Å². The van der Waals surface area contributed by atoms with E-state index in [1.54, 1.807) is 18.5 Å².